The molecular weight excluding hydrogens is 380 g/mol. The second-order valence-electron chi connectivity index (χ2n) is 7.83. The molecule has 1 aliphatic heterocycles. The summed E-state index contributed by atoms with van der Waals surface area (Å²) in [6.07, 6.45) is 1.23. The zero-order valence-corrected chi connectivity index (χ0v) is 17.1. The van der Waals surface area contributed by atoms with Gasteiger partial charge in [-0.1, -0.05) is 18.2 Å². The first-order chi connectivity index (χ1) is 14.4. The van der Waals surface area contributed by atoms with Crippen LogP contribution in [0.2, 0.25) is 0 Å². The van der Waals surface area contributed by atoms with E-state index in [2.05, 4.69) is 5.32 Å². The molecule has 0 aliphatic carbocycles. The van der Waals surface area contributed by atoms with E-state index in [0.717, 1.165) is 16.5 Å². The maximum atomic E-state index is 12.8. The molecule has 0 atom stereocenters. The number of amides is 2. The molecule has 0 spiro atoms. The van der Waals surface area contributed by atoms with Crippen molar-refractivity contribution in [1.82, 2.24) is 4.90 Å². The standard InChI is InChI=1S/C24H24N2O4/c1-15-5-3-4-6-20(15)24(29)26-11-9-17(10-12-26)23(28)25-18-7-8-19-16(2)13-22(27)30-21(19)14-18/h3-8,13-14,17H,9-12H2,1-2H3,(H,25,28). The molecule has 1 fully saturated rings. The van der Waals surface area contributed by atoms with Crippen molar-refractivity contribution in [2.75, 3.05) is 18.4 Å². The molecule has 3 aromatic rings. The van der Waals surface area contributed by atoms with Crippen molar-refractivity contribution in [3.8, 4) is 0 Å². The number of carbonyl (C=O) groups excluding carboxylic acids is 2. The van der Waals surface area contributed by atoms with E-state index < -0.39 is 5.63 Å². The number of hydrogen-bond acceptors (Lipinski definition) is 4. The second-order valence-corrected chi connectivity index (χ2v) is 7.83. The van der Waals surface area contributed by atoms with Gasteiger partial charge in [0.25, 0.3) is 5.91 Å². The summed E-state index contributed by atoms with van der Waals surface area (Å²) in [6.45, 7) is 4.89. The molecule has 0 unspecified atom stereocenters. The van der Waals surface area contributed by atoms with E-state index in [1.54, 1.807) is 6.07 Å². The normalized spacial score (nSPS) is 14.7. The molecule has 2 heterocycles. The minimum atomic E-state index is -0.408. The SMILES string of the molecule is Cc1ccccc1C(=O)N1CCC(C(=O)Nc2ccc3c(C)cc(=O)oc3c2)CC1. The summed E-state index contributed by atoms with van der Waals surface area (Å²) >= 11 is 0. The number of anilines is 1. The molecule has 1 aliphatic rings. The Labute approximate surface area is 174 Å². The van der Waals surface area contributed by atoms with Crippen molar-refractivity contribution in [2.24, 2.45) is 5.92 Å². The molecule has 2 amide bonds. The lowest BCUT2D eigenvalue weighted by molar-refractivity contribution is -0.121. The number of likely N-dealkylation sites (tertiary alicyclic amines) is 1. The van der Waals surface area contributed by atoms with Gasteiger partial charge < -0.3 is 14.6 Å². The van der Waals surface area contributed by atoms with Crippen LogP contribution < -0.4 is 10.9 Å². The number of nitrogens with zero attached hydrogens (tertiary/aromatic N) is 1. The summed E-state index contributed by atoms with van der Waals surface area (Å²) in [5, 5.41) is 3.77. The van der Waals surface area contributed by atoms with Crippen LogP contribution >= 0.6 is 0 Å². The van der Waals surface area contributed by atoms with Crippen LogP contribution in [0.5, 0.6) is 0 Å². The molecule has 6 heteroatoms. The third-order valence-electron chi connectivity index (χ3n) is 5.75. The number of carbonyl (C=O) groups is 2. The van der Waals surface area contributed by atoms with E-state index in [1.807, 2.05) is 55.1 Å². The first-order valence-electron chi connectivity index (χ1n) is 10.1. The largest absolute Gasteiger partial charge is 0.423 e. The van der Waals surface area contributed by atoms with Crippen LogP contribution in [-0.2, 0) is 4.79 Å². The lowest BCUT2D eigenvalue weighted by Gasteiger charge is -2.31. The van der Waals surface area contributed by atoms with E-state index in [4.69, 9.17) is 4.42 Å². The number of piperidine rings is 1. The highest BCUT2D eigenvalue weighted by molar-refractivity contribution is 5.97. The summed E-state index contributed by atoms with van der Waals surface area (Å²) < 4.78 is 5.25. The molecule has 1 aromatic heterocycles. The maximum Gasteiger partial charge on any atom is 0.336 e. The third-order valence-corrected chi connectivity index (χ3v) is 5.75. The molecule has 1 N–H and O–H groups in total. The molecular formula is C24H24N2O4. The zero-order chi connectivity index (χ0) is 21.3. The van der Waals surface area contributed by atoms with Gasteiger partial charge in [0.15, 0.2) is 0 Å². The molecule has 0 radical (unpaired) electrons. The van der Waals surface area contributed by atoms with Crippen molar-refractivity contribution in [2.45, 2.75) is 26.7 Å². The van der Waals surface area contributed by atoms with Crippen LogP contribution in [-0.4, -0.2) is 29.8 Å². The van der Waals surface area contributed by atoms with Crippen molar-refractivity contribution < 1.29 is 14.0 Å². The topological polar surface area (TPSA) is 79.6 Å². The fourth-order valence-electron chi connectivity index (χ4n) is 3.97. The fourth-order valence-corrected chi connectivity index (χ4v) is 3.97. The number of fused-ring (bicyclic) bond motifs is 1. The second kappa shape index (κ2) is 8.14. The quantitative estimate of drug-likeness (QED) is 0.672. The number of aryl methyl sites for hydroxylation is 2. The van der Waals surface area contributed by atoms with Gasteiger partial charge in [-0.25, -0.2) is 4.79 Å². The van der Waals surface area contributed by atoms with Gasteiger partial charge >= 0.3 is 5.63 Å². The van der Waals surface area contributed by atoms with Gasteiger partial charge in [-0.15, -0.1) is 0 Å². The van der Waals surface area contributed by atoms with Crippen LogP contribution in [0.3, 0.4) is 0 Å². The molecule has 2 aromatic carbocycles. The average Bonchev–Trinajstić information content (AvgIpc) is 2.73. The predicted molar refractivity (Wildman–Crippen MR) is 116 cm³/mol. The van der Waals surface area contributed by atoms with Crippen molar-refractivity contribution in [3.05, 3.63) is 75.6 Å². The van der Waals surface area contributed by atoms with Crippen LogP contribution in [0.25, 0.3) is 11.0 Å². The Kier molecular flexibility index (Phi) is 5.40. The number of hydrogen-bond donors (Lipinski definition) is 1. The lowest BCUT2D eigenvalue weighted by atomic mass is 9.95. The molecule has 1 saturated heterocycles. The van der Waals surface area contributed by atoms with Gasteiger partial charge in [0.1, 0.15) is 5.58 Å². The highest BCUT2D eigenvalue weighted by atomic mass is 16.4. The first kappa shape index (κ1) is 19.9. The van der Waals surface area contributed by atoms with Crippen LogP contribution in [0.4, 0.5) is 5.69 Å². The third kappa shape index (κ3) is 3.99. The first-order valence-corrected chi connectivity index (χ1v) is 10.1. The lowest BCUT2D eigenvalue weighted by Crippen LogP contribution is -2.41. The molecule has 6 nitrogen and oxygen atoms in total. The molecule has 0 bridgehead atoms. The van der Waals surface area contributed by atoms with Gasteiger partial charge in [0, 0.05) is 47.8 Å². The fraction of sp³-hybridized carbons (Fsp3) is 0.292. The average molecular weight is 404 g/mol. The van der Waals surface area contributed by atoms with Crippen LogP contribution in [0, 0.1) is 19.8 Å². The summed E-state index contributed by atoms with van der Waals surface area (Å²) in [7, 11) is 0. The predicted octanol–water partition coefficient (Wildman–Crippen LogP) is 3.90. The van der Waals surface area contributed by atoms with E-state index in [1.165, 1.54) is 6.07 Å². The molecule has 154 valence electrons. The zero-order valence-electron chi connectivity index (χ0n) is 17.1. The molecule has 0 saturated carbocycles. The van der Waals surface area contributed by atoms with Crippen molar-refractivity contribution in [1.29, 1.82) is 0 Å². The summed E-state index contributed by atoms with van der Waals surface area (Å²) in [6, 6.07) is 14.3. The monoisotopic (exact) mass is 404 g/mol. The molecule has 30 heavy (non-hydrogen) atoms. The Morgan fingerprint density at radius 3 is 2.47 bits per heavy atom. The van der Waals surface area contributed by atoms with Crippen molar-refractivity contribution in [3.63, 3.8) is 0 Å². The van der Waals surface area contributed by atoms with Crippen LogP contribution in [0.1, 0.15) is 34.3 Å². The Balaban J connectivity index is 1.40. The Hall–Kier alpha value is -3.41. The Morgan fingerprint density at radius 2 is 1.73 bits per heavy atom. The summed E-state index contributed by atoms with van der Waals surface area (Å²) in [5.74, 6) is -0.217. The van der Waals surface area contributed by atoms with E-state index in [0.29, 0.717) is 42.8 Å². The highest BCUT2D eigenvalue weighted by Gasteiger charge is 2.28. The van der Waals surface area contributed by atoms with E-state index >= 15 is 0 Å². The van der Waals surface area contributed by atoms with Crippen molar-refractivity contribution >= 4 is 28.5 Å². The van der Waals surface area contributed by atoms with Gasteiger partial charge in [-0.3, -0.25) is 9.59 Å². The van der Waals surface area contributed by atoms with Gasteiger partial charge in [-0.05, 0) is 56.0 Å². The van der Waals surface area contributed by atoms with Crippen LogP contribution in [0.15, 0.2) is 57.7 Å². The van der Waals surface area contributed by atoms with Gasteiger partial charge in [0.2, 0.25) is 5.91 Å². The Morgan fingerprint density at radius 1 is 1.00 bits per heavy atom. The van der Waals surface area contributed by atoms with Gasteiger partial charge in [0.05, 0.1) is 0 Å². The number of rotatable bonds is 3. The van der Waals surface area contributed by atoms with E-state index in [-0.39, 0.29) is 17.7 Å². The molecule has 4 rings (SSSR count). The maximum absolute atomic E-state index is 12.8. The number of nitrogens with one attached hydrogen (secondary N) is 1. The Bertz CT molecular complexity index is 1170. The minimum Gasteiger partial charge on any atom is -0.423 e. The van der Waals surface area contributed by atoms with E-state index in [9.17, 15) is 14.4 Å². The number of benzene rings is 2. The highest BCUT2D eigenvalue weighted by Crippen LogP contribution is 2.24. The summed E-state index contributed by atoms with van der Waals surface area (Å²) in [4.78, 5) is 38.9. The van der Waals surface area contributed by atoms with Gasteiger partial charge in [-0.2, -0.15) is 0 Å². The smallest absolute Gasteiger partial charge is 0.336 e. The summed E-state index contributed by atoms with van der Waals surface area (Å²) in [5.41, 5.74) is 3.16. The minimum absolute atomic E-state index is 0.0203.